The fourth-order valence-corrected chi connectivity index (χ4v) is 2.41. The van der Waals surface area contributed by atoms with E-state index in [0.29, 0.717) is 0 Å². The Balaban J connectivity index is 2.66. The first-order chi connectivity index (χ1) is 6.93. The van der Waals surface area contributed by atoms with Gasteiger partial charge < -0.3 is 10.2 Å². The summed E-state index contributed by atoms with van der Waals surface area (Å²) in [5.74, 6) is -1.09. The van der Waals surface area contributed by atoms with Crippen LogP contribution in [0.1, 0.15) is 6.92 Å². The van der Waals surface area contributed by atoms with Crippen LogP contribution in [0.15, 0.2) is 33.6 Å². The van der Waals surface area contributed by atoms with E-state index < -0.39 is 11.6 Å². The Labute approximate surface area is 101 Å². The van der Waals surface area contributed by atoms with Crippen LogP contribution in [0, 0.1) is 0 Å². The summed E-state index contributed by atoms with van der Waals surface area (Å²) >= 11 is 4.66. The van der Waals surface area contributed by atoms with Crippen molar-refractivity contribution in [2.75, 3.05) is 5.75 Å². The summed E-state index contributed by atoms with van der Waals surface area (Å²) in [5, 5.41) is 18.2. The van der Waals surface area contributed by atoms with E-state index in [1.165, 1.54) is 18.7 Å². The highest BCUT2D eigenvalue weighted by molar-refractivity contribution is 9.10. The molecule has 0 spiro atoms. The summed E-state index contributed by atoms with van der Waals surface area (Å²) in [7, 11) is 0. The molecule has 2 N–H and O–H groups in total. The molecule has 0 heterocycles. The zero-order valence-electron chi connectivity index (χ0n) is 8.11. The Morgan fingerprint density at radius 3 is 2.67 bits per heavy atom. The highest BCUT2D eigenvalue weighted by Gasteiger charge is 2.29. The molecule has 0 aromatic heterocycles. The van der Waals surface area contributed by atoms with Gasteiger partial charge in [-0.05, 0) is 35.0 Å². The molecule has 1 aromatic carbocycles. The summed E-state index contributed by atoms with van der Waals surface area (Å²) in [6.45, 7) is 1.29. The number of halogens is 1. The van der Waals surface area contributed by atoms with Crippen LogP contribution in [0.2, 0.25) is 0 Å². The highest BCUT2D eigenvalue weighted by Crippen LogP contribution is 2.29. The first kappa shape index (κ1) is 12.5. The molecule has 5 heteroatoms. The molecule has 1 aromatic rings. The lowest BCUT2D eigenvalue weighted by atomic mass is 10.1. The second kappa shape index (κ2) is 5.01. The average Bonchev–Trinajstić information content (AvgIpc) is 2.16. The second-order valence-electron chi connectivity index (χ2n) is 3.30. The largest absolute Gasteiger partial charge is 0.479 e. The number of carbonyl (C=O) groups is 1. The van der Waals surface area contributed by atoms with Gasteiger partial charge in [-0.3, -0.25) is 0 Å². The summed E-state index contributed by atoms with van der Waals surface area (Å²) < 4.78 is 0.899. The first-order valence-corrected chi connectivity index (χ1v) is 6.04. The van der Waals surface area contributed by atoms with Crippen LogP contribution < -0.4 is 0 Å². The molecule has 0 amide bonds. The second-order valence-corrected chi connectivity index (χ2v) is 5.17. The van der Waals surface area contributed by atoms with E-state index >= 15 is 0 Å². The van der Waals surface area contributed by atoms with Crippen LogP contribution in [-0.2, 0) is 4.79 Å². The van der Waals surface area contributed by atoms with Crippen molar-refractivity contribution in [3.05, 3.63) is 28.7 Å². The maximum absolute atomic E-state index is 10.7. The molecule has 0 bridgehead atoms. The number of carboxylic acid groups (broad SMARTS) is 1. The van der Waals surface area contributed by atoms with Crippen LogP contribution in [-0.4, -0.2) is 27.5 Å². The van der Waals surface area contributed by atoms with Crippen molar-refractivity contribution in [2.24, 2.45) is 0 Å². The fraction of sp³-hybridized carbons (Fsp3) is 0.300. The van der Waals surface area contributed by atoms with Crippen molar-refractivity contribution in [1.29, 1.82) is 0 Å². The van der Waals surface area contributed by atoms with Crippen LogP contribution in [0.25, 0.3) is 0 Å². The maximum atomic E-state index is 10.7. The third-order valence-corrected chi connectivity index (χ3v) is 4.13. The monoisotopic (exact) mass is 290 g/mol. The standard InChI is InChI=1S/C10H11BrO3S/c1-10(14,9(12)13)6-15-8-5-3-2-4-7(8)11/h2-5,14H,6H2,1H3,(H,12,13). The molecule has 1 atom stereocenters. The third-order valence-electron chi connectivity index (χ3n) is 1.81. The smallest absolute Gasteiger partial charge is 0.336 e. The molecule has 1 unspecified atom stereocenters. The number of carboxylic acids is 1. The molecule has 82 valence electrons. The lowest BCUT2D eigenvalue weighted by molar-refractivity contribution is -0.154. The van der Waals surface area contributed by atoms with Gasteiger partial charge in [-0.25, -0.2) is 4.79 Å². The van der Waals surface area contributed by atoms with E-state index in [1.54, 1.807) is 0 Å². The summed E-state index contributed by atoms with van der Waals surface area (Å²) in [6, 6.07) is 7.48. The normalized spacial score (nSPS) is 14.6. The van der Waals surface area contributed by atoms with E-state index in [4.69, 9.17) is 5.11 Å². The van der Waals surface area contributed by atoms with E-state index in [-0.39, 0.29) is 5.75 Å². The van der Waals surface area contributed by atoms with Crippen molar-refractivity contribution >= 4 is 33.7 Å². The molecule has 0 aliphatic rings. The predicted molar refractivity (Wildman–Crippen MR) is 63.1 cm³/mol. The van der Waals surface area contributed by atoms with Gasteiger partial charge in [-0.2, -0.15) is 0 Å². The SMILES string of the molecule is CC(O)(CSc1ccccc1Br)C(=O)O. The topological polar surface area (TPSA) is 57.5 Å². The molecule has 1 rings (SSSR count). The van der Waals surface area contributed by atoms with Crippen LogP contribution in [0.3, 0.4) is 0 Å². The Morgan fingerprint density at radius 1 is 1.53 bits per heavy atom. The maximum Gasteiger partial charge on any atom is 0.336 e. The van der Waals surface area contributed by atoms with Gasteiger partial charge in [0.15, 0.2) is 5.60 Å². The number of aliphatic carboxylic acids is 1. The number of thioether (sulfide) groups is 1. The van der Waals surface area contributed by atoms with Crippen molar-refractivity contribution in [3.63, 3.8) is 0 Å². The van der Waals surface area contributed by atoms with E-state index in [9.17, 15) is 9.90 Å². The average molecular weight is 291 g/mol. The van der Waals surface area contributed by atoms with Crippen molar-refractivity contribution in [3.8, 4) is 0 Å². The van der Waals surface area contributed by atoms with Gasteiger partial charge >= 0.3 is 5.97 Å². The minimum Gasteiger partial charge on any atom is -0.479 e. The van der Waals surface area contributed by atoms with Gasteiger partial charge in [0.25, 0.3) is 0 Å². The van der Waals surface area contributed by atoms with Gasteiger partial charge in [0.1, 0.15) is 0 Å². The molecule has 0 aliphatic carbocycles. The number of benzene rings is 1. The Kier molecular flexibility index (Phi) is 4.19. The van der Waals surface area contributed by atoms with Crippen molar-refractivity contribution in [2.45, 2.75) is 17.4 Å². The zero-order chi connectivity index (χ0) is 11.5. The van der Waals surface area contributed by atoms with Crippen LogP contribution in [0.4, 0.5) is 0 Å². The summed E-state index contributed by atoms with van der Waals surface area (Å²) in [6.07, 6.45) is 0. The first-order valence-electron chi connectivity index (χ1n) is 4.26. The molecular weight excluding hydrogens is 280 g/mol. The number of aliphatic hydroxyl groups is 1. The van der Waals surface area contributed by atoms with E-state index in [1.807, 2.05) is 24.3 Å². The summed E-state index contributed by atoms with van der Waals surface area (Å²) in [4.78, 5) is 11.6. The van der Waals surface area contributed by atoms with Crippen molar-refractivity contribution in [1.82, 2.24) is 0 Å². The molecule has 0 radical (unpaired) electrons. The van der Waals surface area contributed by atoms with Crippen LogP contribution in [0.5, 0.6) is 0 Å². The Morgan fingerprint density at radius 2 is 2.13 bits per heavy atom. The minimum atomic E-state index is -1.69. The zero-order valence-corrected chi connectivity index (χ0v) is 10.5. The predicted octanol–water partition coefficient (Wildman–Crippen LogP) is 2.38. The van der Waals surface area contributed by atoms with E-state index in [0.717, 1.165) is 9.37 Å². The lowest BCUT2D eigenvalue weighted by Crippen LogP contribution is -2.37. The number of hydrogen-bond acceptors (Lipinski definition) is 3. The van der Waals surface area contributed by atoms with Crippen molar-refractivity contribution < 1.29 is 15.0 Å². The summed E-state index contributed by atoms with van der Waals surface area (Å²) in [5.41, 5.74) is -1.69. The molecule has 0 fully saturated rings. The van der Waals surface area contributed by atoms with Gasteiger partial charge in [0.05, 0.1) is 0 Å². The van der Waals surface area contributed by atoms with Gasteiger partial charge in [-0.15, -0.1) is 11.8 Å². The van der Waals surface area contributed by atoms with Gasteiger partial charge in [0, 0.05) is 15.1 Å². The Hall–Kier alpha value is -0.520. The molecule has 3 nitrogen and oxygen atoms in total. The lowest BCUT2D eigenvalue weighted by Gasteiger charge is -2.17. The molecular formula is C10H11BrO3S. The highest BCUT2D eigenvalue weighted by atomic mass is 79.9. The quantitative estimate of drug-likeness (QED) is 0.836. The van der Waals surface area contributed by atoms with E-state index in [2.05, 4.69) is 15.9 Å². The fourth-order valence-electron chi connectivity index (χ4n) is 0.842. The number of hydrogen-bond donors (Lipinski definition) is 2. The van der Waals surface area contributed by atoms with Crippen LogP contribution >= 0.6 is 27.7 Å². The Bertz CT molecular complexity index is 365. The van der Waals surface area contributed by atoms with Gasteiger partial charge in [0.2, 0.25) is 0 Å². The number of rotatable bonds is 4. The third kappa shape index (κ3) is 3.52. The molecule has 0 saturated heterocycles. The minimum absolute atomic E-state index is 0.116. The molecule has 15 heavy (non-hydrogen) atoms. The molecule has 0 saturated carbocycles. The molecule has 0 aliphatic heterocycles. The van der Waals surface area contributed by atoms with Gasteiger partial charge in [-0.1, -0.05) is 12.1 Å².